The van der Waals surface area contributed by atoms with Crippen LogP contribution >= 0.6 is 12.2 Å². The molecule has 6 heteroatoms. The van der Waals surface area contributed by atoms with Gasteiger partial charge in [-0.2, -0.15) is 0 Å². The van der Waals surface area contributed by atoms with Crippen LogP contribution in [0.15, 0.2) is 24.3 Å². The Morgan fingerprint density at radius 3 is 2.45 bits per heavy atom. The van der Waals surface area contributed by atoms with Gasteiger partial charge >= 0.3 is 0 Å². The van der Waals surface area contributed by atoms with Crippen molar-refractivity contribution in [1.29, 1.82) is 0 Å². The zero-order chi connectivity index (χ0) is 14.7. The first-order valence-corrected chi connectivity index (χ1v) is 6.88. The lowest BCUT2D eigenvalue weighted by molar-refractivity contribution is -0.124. The standard InChI is InChI=1S/C14H17N3O2S/c1-16-13(18)11-3-2-8-17(11)14(19)10-6-4-9(5-7-10)12(15)20/h4-7,11H,2-3,8H2,1H3,(H2,15,20)(H,16,18). The van der Waals surface area contributed by atoms with Crippen molar-refractivity contribution in [2.24, 2.45) is 5.73 Å². The van der Waals surface area contributed by atoms with E-state index >= 15 is 0 Å². The van der Waals surface area contributed by atoms with Crippen LogP contribution < -0.4 is 11.1 Å². The van der Waals surface area contributed by atoms with Gasteiger partial charge in [0, 0.05) is 24.7 Å². The Morgan fingerprint density at radius 1 is 1.30 bits per heavy atom. The summed E-state index contributed by atoms with van der Waals surface area (Å²) in [6, 6.07) is 6.45. The van der Waals surface area contributed by atoms with Crippen molar-refractivity contribution in [1.82, 2.24) is 10.2 Å². The summed E-state index contributed by atoms with van der Waals surface area (Å²) in [7, 11) is 1.58. The molecule has 1 saturated heterocycles. The molecule has 0 aromatic heterocycles. The molecule has 5 nitrogen and oxygen atoms in total. The summed E-state index contributed by atoms with van der Waals surface area (Å²) in [5.74, 6) is -0.249. The van der Waals surface area contributed by atoms with E-state index in [1.807, 2.05) is 0 Å². The highest BCUT2D eigenvalue weighted by Crippen LogP contribution is 2.20. The summed E-state index contributed by atoms with van der Waals surface area (Å²) in [5, 5.41) is 2.60. The molecule has 1 aliphatic rings. The minimum absolute atomic E-state index is 0.115. The molecule has 0 radical (unpaired) electrons. The molecule has 0 bridgehead atoms. The van der Waals surface area contributed by atoms with Crippen LogP contribution in [0.25, 0.3) is 0 Å². The van der Waals surface area contributed by atoms with Gasteiger partial charge in [-0.05, 0) is 25.0 Å². The number of likely N-dealkylation sites (N-methyl/N-ethyl adjacent to an activating group) is 1. The van der Waals surface area contributed by atoms with Crippen molar-refractivity contribution in [2.45, 2.75) is 18.9 Å². The van der Waals surface area contributed by atoms with E-state index in [-0.39, 0.29) is 17.9 Å². The lowest BCUT2D eigenvalue weighted by Crippen LogP contribution is -2.44. The lowest BCUT2D eigenvalue weighted by atomic mass is 10.1. The summed E-state index contributed by atoms with van der Waals surface area (Å²) in [6.45, 7) is 0.605. The highest BCUT2D eigenvalue weighted by atomic mass is 32.1. The number of nitrogens with two attached hydrogens (primary N) is 1. The van der Waals surface area contributed by atoms with Gasteiger partial charge < -0.3 is 16.0 Å². The molecule has 2 amide bonds. The van der Waals surface area contributed by atoms with Gasteiger partial charge in [-0.25, -0.2) is 0 Å². The highest BCUT2D eigenvalue weighted by molar-refractivity contribution is 7.80. The quantitative estimate of drug-likeness (QED) is 0.803. The SMILES string of the molecule is CNC(=O)C1CCCN1C(=O)c1ccc(C(N)=S)cc1. The van der Waals surface area contributed by atoms with Crippen molar-refractivity contribution in [2.75, 3.05) is 13.6 Å². The molecule has 0 saturated carbocycles. The smallest absolute Gasteiger partial charge is 0.254 e. The van der Waals surface area contributed by atoms with E-state index in [2.05, 4.69) is 5.32 Å². The number of nitrogens with one attached hydrogen (secondary N) is 1. The minimum Gasteiger partial charge on any atom is -0.389 e. The number of benzene rings is 1. The molecule has 1 aromatic carbocycles. The molecular formula is C14H17N3O2S. The molecule has 1 fully saturated rings. The fourth-order valence-corrected chi connectivity index (χ4v) is 2.53. The molecule has 1 aromatic rings. The summed E-state index contributed by atoms with van der Waals surface area (Å²) in [5.41, 5.74) is 6.79. The minimum atomic E-state index is -0.372. The molecule has 1 atom stereocenters. The van der Waals surface area contributed by atoms with E-state index in [4.69, 9.17) is 18.0 Å². The molecule has 1 aliphatic heterocycles. The number of rotatable bonds is 3. The van der Waals surface area contributed by atoms with Crippen molar-refractivity contribution in [3.05, 3.63) is 35.4 Å². The highest BCUT2D eigenvalue weighted by Gasteiger charge is 2.33. The number of likely N-dealkylation sites (tertiary alicyclic amines) is 1. The number of hydrogen-bond acceptors (Lipinski definition) is 3. The van der Waals surface area contributed by atoms with Gasteiger partial charge in [-0.3, -0.25) is 9.59 Å². The second-order valence-electron chi connectivity index (χ2n) is 4.71. The number of amides is 2. The number of thiocarbonyl (C=S) groups is 1. The third-order valence-electron chi connectivity index (χ3n) is 3.48. The topological polar surface area (TPSA) is 75.4 Å². The van der Waals surface area contributed by atoms with Crippen LogP contribution in [-0.4, -0.2) is 41.3 Å². The summed E-state index contributed by atoms with van der Waals surface area (Å²) in [4.78, 5) is 26.1. The number of carbonyl (C=O) groups is 2. The van der Waals surface area contributed by atoms with Crippen LogP contribution in [0, 0.1) is 0 Å². The maximum atomic E-state index is 12.4. The largest absolute Gasteiger partial charge is 0.389 e. The Morgan fingerprint density at radius 2 is 1.90 bits per heavy atom. The lowest BCUT2D eigenvalue weighted by Gasteiger charge is -2.23. The molecular weight excluding hydrogens is 274 g/mol. The molecule has 0 aliphatic carbocycles. The molecule has 1 unspecified atom stereocenters. The fraction of sp³-hybridized carbons (Fsp3) is 0.357. The van der Waals surface area contributed by atoms with Crippen LogP contribution in [-0.2, 0) is 4.79 Å². The predicted octanol–water partition coefficient (Wildman–Crippen LogP) is 0.671. The normalized spacial score (nSPS) is 17.9. The van der Waals surface area contributed by atoms with E-state index in [0.717, 1.165) is 12.0 Å². The van der Waals surface area contributed by atoms with E-state index in [0.29, 0.717) is 23.5 Å². The summed E-state index contributed by atoms with van der Waals surface area (Å²) >= 11 is 4.88. The van der Waals surface area contributed by atoms with Crippen LogP contribution in [0.5, 0.6) is 0 Å². The third-order valence-corrected chi connectivity index (χ3v) is 3.71. The number of nitrogens with zero attached hydrogens (tertiary/aromatic N) is 1. The molecule has 20 heavy (non-hydrogen) atoms. The van der Waals surface area contributed by atoms with E-state index < -0.39 is 0 Å². The fourth-order valence-electron chi connectivity index (χ4n) is 2.39. The van der Waals surface area contributed by atoms with Gasteiger partial charge in [-0.1, -0.05) is 24.4 Å². The van der Waals surface area contributed by atoms with Gasteiger partial charge in [0.15, 0.2) is 0 Å². The first-order valence-electron chi connectivity index (χ1n) is 6.47. The number of carbonyl (C=O) groups excluding carboxylic acids is 2. The van der Waals surface area contributed by atoms with Crippen LogP contribution in [0.4, 0.5) is 0 Å². The first kappa shape index (κ1) is 14.5. The maximum Gasteiger partial charge on any atom is 0.254 e. The monoisotopic (exact) mass is 291 g/mol. The summed E-state index contributed by atoms with van der Waals surface area (Å²) in [6.07, 6.45) is 1.55. The first-order chi connectivity index (χ1) is 9.54. The Balaban J connectivity index is 2.18. The van der Waals surface area contributed by atoms with Crippen molar-refractivity contribution < 1.29 is 9.59 Å². The van der Waals surface area contributed by atoms with Crippen LogP contribution in [0.3, 0.4) is 0 Å². The van der Waals surface area contributed by atoms with Crippen LogP contribution in [0.1, 0.15) is 28.8 Å². The Labute approximate surface area is 123 Å². The van der Waals surface area contributed by atoms with Crippen molar-refractivity contribution in [3.63, 3.8) is 0 Å². The second kappa shape index (κ2) is 6.00. The van der Waals surface area contributed by atoms with Gasteiger partial charge in [0.2, 0.25) is 5.91 Å². The van der Waals surface area contributed by atoms with Gasteiger partial charge in [0.05, 0.1) is 0 Å². The average molecular weight is 291 g/mol. The third kappa shape index (κ3) is 2.80. The predicted molar refractivity (Wildman–Crippen MR) is 80.5 cm³/mol. The van der Waals surface area contributed by atoms with Gasteiger partial charge in [0.1, 0.15) is 11.0 Å². The zero-order valence-corrected chi connectivity index (χ0v) is 12.1. The molecule has 3 N–H and O–H groups in total. The van der Waals surface area contributed by atoms with E-state index in [9.17, 15) is 9.59 Å². The zero-order valence-electron chi connectivity index (χ0n) is 11.3. The molecule has 2 rings (SSSR count). The van der Waals surface area contributed by atoms with Gasteiger partial charge in [-0.15, -0.1) is 0 Å². The van der Waals surface area contributed by atoms with Crippen molar-refractivity contribution in [3.8, 4) is 0 Å². The summed E-state index contributed by atoms with van der Waals surface area (Å²) < 4.78 is 0. The van der Waals surface area contributed by atoms with Crippen molar-refractivity contribution >= 4 is 29.0 Å². The number of hydrogen-bond donors (Lipinski definition) is 2. The molecule has 1 heterocycles. The Kier molecular flexibility index (Phi) is 4.34. The van der Waals surface area contributed by atoms with E-state index in [1.165, 1.54) is 0 Å². The van der Waals surface area contributed by atoms with E-state index in [1.54, 1.807) is 36.2 Å². The molecule has 106 valence electrons. The average Bonchev–Trinajstić information content (AvgIpc) is 2.95. The maximum absolute atomic E-state index is 12.4. The van der Waals surface area contributed by atoms with Gasteiger partial charge in [0.25, 0.3) is 5.91 Å². The molecule has 0 spiro atoms. The Bertz CT molecular complexity index is 542. The van der Waals surface area contributed by atoms with Crippen LogP contribution in [0.2, 0.25) is 0 Å². The Hall–Kier alpha value is -1.95. The second-order valence-corrected chi connectivity index (χ2v) is 5.15.